The average Bonchev–Trinajstić information content (AvgIpc) is 2.72. The summed E-state index contributed by atoms with van der Waals surface area (Å²) in [5, 5.41) is 0. The Hall–Kier alpha value is -1.38. The highest BCUT2D eigenvalue weighted by atomic mass is 16.5. The number of hydrogen-bond donors (Lipinski definition) is 0. The predicted octanol–water partition coefficient (Wildman–Crippen LogP) is 2.81. The van der Waals surface area contributed by atoms with E-state index in [9.17, 15) is 9.59 Å². The van der Waals surface area contributed by atoms with E-state index in [4.69, 9.17) is 0 Å². The number of carbonyl (C=O) groups is 2. The molecule has 1 rings (SSSR count). The smallest absolute Gasteiger partial charge is 0.305 e. The van der Waals surface area contributed by atoms with E-state index < -0.39 is 0 Å². The maximum atomic E-state index is 11.3. The van der Waals surface area contributed by atoms with E-state index in [0.29, 0.717) is 18.8 Å². The summed E-state index contributed by atoms with van der Waals surface area (Å²) >= 11 is 0. The molecule has 0 aromatic heterocycles. The minimum atomic E-state index is -0.158. The second-order valence-electron chi connectivity index (χ2n) is 4.48. The number of Topliss-reactive ketones (excluding diaryl/α,β-unsaturated/α-hetero) is 1. The van der Waals surface area contributed by atoms with Gasteiger partial charge in [-0.3, -0.25) is 9.59 Å². The highest BCUT2D eigenvalue weighted by molar-refractivity contribution is 6.00. The third-order valence-corrected chi connectivity index (χ3v) is 2.96. The quantitative estimate of drug-likeness (QED) is 0.666. The minimum Gasteiger partial charge on any atom is -0.469 e. The second kappa shape index (κ2) is 7.05. The molecule has 0 amide bonds. The van der Waals surface area contributed by atoms with E-state index in [-0.39, 0.29) is 11.8 Å². The first-order valence-electron chi connectivity index (χ1n) is 6.10. The van der Waals surface area contributed by atoms with Gasteiger partial charge in [0.1, 0.15) is 0 Å². The SMILES string of the molecule is COC(=O)CC[C@@H](C)C/C=C\C1=CCCC1=O. The van der Waals surface area contributed by atoms with Crippen LogP contribution in [0.1, 0.15) is 39.0 Å². The van der Waals surface area contributed by atoms with E-state index in [1.165, 1.54) is 7.11 Å². The molecule has 0 unspecified atom stereocenters. The largest absolute Gasteiger partial charge is 0.469 e. The molecule has 0 fully saturated rings. The average molecular weight is 236 g/mol. The van der Waals surface area contributed by atoms with E-state index >= 15 is 0 Å². The first-order chi connectivity index (χ1) is 8.13. The summed E-state index contributed by atoms with van der Waals surface area (Å²) in [4.78, 5) is 22.3. The van der Waals surface area contributed by atoms with Gasteiger partial charge in [-0.15, -0.1) is 0 Å². The fourth-order valence-corrected chi connectivity index (χ4v) is 1.79. The first-order valence-corrected chi connectivity index (χ1v) is 6.10. The lowest BCUT2D eigenvalue weighted by molar-refractivity contribution is -0.140. The van der Waals surface area contributed by atoms with Crippen LogP contribution in [0.5, 0.6) is 0 Å². The fourth-order valence-electron chi connectivity index (χ4n) is 1.79. The zero-order valence-electron chi connectivity index (χ0n) is 10.6. The number of hydrogen-bond acceptors (Lipinski definition) is 3. The molecule has 0 heterocycles. The van der Waals surface area contributed by atoms with Crippen molar-refractivity contribution in [2.24, 2.45) is 5.92 Å². The van der Waals surface area contributed by atoms with E-state index in [1.807, 2.05) is 18.2 Å². The Labute approximate surface area is 103 Å². The lowest BCUT2D eigenvalue weighted by Gasteiger charge is -2.06. The Kier molecular flexibility index (Phi) is 5.67. The molecule has 0 saturated carbocycles. The van der Waals surface area contributed by atoms with Gasteiger partial charge in [-0.2, -0.15) is 0 Å². The minimum absolute atomic E-state index is 0.158. The van der Waals surface area contributed by atoms with Crippen LogP contribution < -0.4 is 0 Å². The second-order valence-corrected chi connectivity index (χ2v) is 4.48. The van der Waals surface area contributed by atoms with Crippen molar-refractivity contribution < 1.29 is 14.3 Å². The number of esters is 1. The number of rotatable bonds is 6. The molecule has 0 radical (unpaired) electrons. The van der Waals surface area contributed by atoms with Crippen LogP contribution in [0.15, 0.2) is 23.8 Å². The summed E-state index contributed by atoms with van der Waals surface area (Å²) in [6.07, 6.45) is 9.62. The highest BCUT2D eigenvalue weighted by Gasteiger charge is 2.11. The van der Waals surface area contributed by atoms with E-state index in [2.05, 4.69) is 11.7 Å². The van der Waals surface area contributed by atoms with Crippen molar-refractivity contribution in [2.45, 2.75) is 39.0 Å². The maximum absolute atomic E-state index is 11.3. The van der Waals surface area contributed by atoms with Crippen molar-refractivity contribution in [1.82, 2.24) is 0 Å². The van der Waals surface area contributed by atoms with Crippen molar-refractivity contribution in [3.63, 3.8) is 0 Å². The van der Waals surface area contributed by atoms with Crippen LogP contribution in [0.3, 0.4) is 0 Å². The summed E-state index contributed by atoms with van der Waals surface area (Å²) in [5.41, 5.74) is 0.838. The lowest BCUT2D eigenvalue weighted by atomic mass is 10.0. The summed E-state index contributed by atoms with van der Waals surface area (Å²) in [7, 11) is 1.41. The maximum Gasteiger partial charge on any atom is 0.305 e. The molecule has 17 heavy (non-hydrogen) atoms. The van der Waals surface area contributed by atoms with Gasteiger partial charge in [-0.25, -0.2) is 0 Å². The van der Waals surface area contributed by atoms with Crippen LogP contribution in [0, 0.1) is 5.92 Å². The summed E-state index contributed by atoms with van der Waals surface area (Å²) in [6, 6.07) is 0. The number of ketones is 1. The fraction of sp³-hybridized carbons (Fsp3) is 0.571. The number of methoxy groups -OCH3 is 1. The molecule has 3 heteroatoms. The number of allylic oxidation sites excluding steroid dienone is 4. The Morgan fingerprint density at radius 2 is 2.35 bits per heavy atom. The molecule has 0 bridgehead atoms. The molecular formula is C14H20O3. The highest BCUT2D eigenvalue weighted by Crippen LogP contribution is 2.17. The molecular weight excluding hydrogens is 216 g/mol. The summed E-state index contributed by atoms with van der Waals surface area (Å²) < 4.78 is 4.59. The third kappa shape index (κ3) is 4.98. The molecule has 0 N–H and O–H groups in total. The Morgan fingerprint density at radius 1 is 1.59 bits per heavy atom. The first kappa shape index (κ1) is 13.7. The van der Waals surface area contributed by atoms with Gasteiger partial charge < -0.3 is 4.74 Å². The van der Waals surface area contributed by atoms with Crippen molar-refractivity contribution in [3.8, 4) is 0 Å². The molecule has 94 valence electrons. The number of carbonyl (C=O) groups excluding carboxylic acids is 2. The Balaban J connectivity index is 2.23. The molecule has 3 nitrogen and oxygen atoms in total. The lowest BCUT2D eigenvalue weighted by Crippen LogP contribution is -2.03. The van der Waals surface area contributed by atoms with Gasteiger partial charge in [0.15, 0.2) is 5.78 Å². The molecule has 0 aliphatic heterocycles. The van der Waals surface area contributed by atoms with Gasteiger partial charge in [0.2, 0.25) is 0 Å². The summed E-state index contributed by atoms with van der Waals surface area (Å²) in [5.74, 6) is 0.514. The van der Waals surface area contributed by atoms with Gasteiger partial charge in [0.05, 0.1) is 7.11 Å². The number of ether oxygens (including phenoxy) is 1. The Bertz CT molecular complexity index is 339. The molecule has 0 spiro atoms. The summed E-state index contributed by atoms with van der Waals surface area (Å²) in [6.45, 7) is 2.10. The van der Waals surface area contributed by atoms with Crippen molar-refractivity contribution in [3.05, 3.63) is 23.8 Å². The van der Waals surface area contributed by atoms with E-state index in [0.717, 1.165) is 24.8 Å². The predicted molar refractivity (Wildman–Crippen MR) is 66.5 cm³/mol. The van der Waals surface area contributed by atoms with Crippen LogP contribution >= 0.6 is 0 Å². The van der Waals surface area contributed by atoms with Crippen LogP contribution in [0.25, 0.3) is 0 Å². The Morgan fingerprint density at radius 3 is 2.94 bits per heavy atom. The van der Waals surface area contributed by atoms with Gasteiger partial charge in [0.25, 0.3) is 0 Å². The molecule has 0 saturated heterocycles. The van der Waals surface area contributed by atoms with Gasteiger partial charge >= 0.3 is 5.97 Å². The van der Waals surface area contributed by atoms with Gasteiger partial charge in [0, 0.05) is 18.4 Å². The molecule has 0 aromatic rings. The van der Waals surface area contributed by atoms with Crippen molar-refractivity contribution in [2.75, 3.05) is 7.11 Å². The van der Waals surface area contributed by atoms with Gasteiger partial charge in [-0.05, 0) is 25.2 Å². The van der Waals surface area contributed by atoms with Crippen molar-refractivity contribution in [1.29, 1.82) is 0 Å². The zero-order valence-corrected chi connectivity index (χ0v) is 10.6. The van der Waals surface area contributed by atoms with E-state index in [1.54, 1.807) is 0 Å². The standard InChI is InChI=1S/C14H20O3/c1-11(9-10-14(16)17-2)5-3-6-12-7-4-8-13(12)15/h3,6-7,11H,4-5,8-10H2,1-2H3/b6-3-/t11-/m0/s1. The monoisotopic (exact) mass is 236 g/mol. The van der Waals surface area contributed by atoms with Crippen LogP contribution in [-0.4, -0.2) is 18.9 Å². The normalized spacial score (nSPS) is 17.3. The zero-order chi connectivity index (χ0) is 12.7. The molecule has 1 atom stereocenters. The third-order valence-electron chi connectivity index (χ3n) is 2.96. The molecule has 1 aliphatic carbocycles. The van der Waals surface area contributed by atoms with Crippen LogP contribution in [0.2, 0.25) is 0 Å². The van der Waals surface area contributed by atoms with Crippen molar-refractivity contribution >= 4 is 11.8 Å². The molecule has 1 aliphatic rings. The van der Waals surface area contributed by atoms with Gasteiger partial charge in [-0.1, -0.05) is 25.2 Å². The van der Waals surface area contributed by atoms with Crippen LogP contribution in [-0.2, 0) is 14.3 Å². The molecule has 0 aromatic carbocycles. The topological polar surface area (TPSA) is 43.4 Å². The van der Waals surface area contributed by atoms with Crippen LogP contribution in [0.4, 0.5) is 0 Å².